The number of halogens is 1. The van der Waals surface area contributed by atoms with Crippen LogP contribution in [0, 0.1) is 0 Å². The Morgan fingerprint density at radius 3 is 2.61 bits per heavy atom. The lowest BCUT2D eigenvalue weighted by Gasteiger charge is -2.14. The summed E-state index contributed by atoms with van der Waals surface area (Å²) in [7, 11) is 1.62. The molecule has 0 aliphatic carbocycles. The zero-order valence-electron chi connectivity index (χ0n) is 13.2. The Labute approximate surface area is 141 Å². The van der Waals surface area contributed by atoms with Crippen LogP contribution in [0.5, 0.6) is 5.75 Å². The number of benzene rings is 2. The number of hydrogen-bond donors (Lipinski definition) is 1. The number of nitrogens with one attached hydrogen (secondary N) is 1. The van der Waals surface area contributed by atoms with E-state index in [0.717, 1.165) is 16.9 Å². The molecule has 0 aromatic heterocycles. The van der Waals surface area contributed by atoms with Crippen molar-refractivity contribution in [2.75, 3.05) is 7.11 Å². The number of rotatable bonds is 7. The first-order chi connectivity index (χ1) is 11.1. The third-order valence-corrected chi connectivity index (χ3v) is 3.64. The van der Waals surface area contributed by atoms with Gasteiger partial charge in [-0.05, 0) is 42.3 Å². The fourth-order valence-electron chi connectivity index (χ4n) is 1.99. The zero-order chi connectivity index (χ0) is 16.7. The number of carbonyl (C=O) groups excluding carboxylic acids is 1. The number of amides is 1. The largest absolute Gasteiger partial charge is 0.497 e. The van der Waals surface area contributed by atoms with Crippen LogP contribution >= 0.6 is 11.6 Å². The van der Waals surface area contributed by atoms with Gasteiger partial charge in [0.15, 0.2) is 0 Å². The highest BCUT2D eigenvalue weighted by Gasteiger charge is 2.13. The predicted octanol–water partition coefficient (Wildman–Crippen LogP) is 3.57. The van der Waals surface area contributed by atoms with Gasteiger partial charge in [-0.2, -0.15) is 0 Å². The van der Waals surface area contributed by atoms with Gasteiger partial charge in [0, 0.05) is 11.6 Å². The second-order valence-corrected chi connectivity index (χ2v) is 5.59. The van der Waals surface area contributed by atoms with Crippen molar-refractivity contribution in [2.24, 2.45) is 0 Å². The van der Waals surface area contributed by atoms with Crippen molar-refractivity contribution in [1.29, 1.82) is 0 Å². The average Bonchev–Trinajstić information content (AvgIpc) is 2.59. The molecule has 0 radical (unpaired) electrons. The topological polar surface area (TPSA) is 47.6 Å². The lowest BCUT2D eigenvalue weighted by molar-refractivity contribution is -0.132. The molecule has 0 fully saturated rings. The molecule has 2 aromatic carbocycles. The van der Waals surface area contributed by atoms with Gasteiger partial charge in [-0.25, -0.2) is 0 Å². The molecule has 1 atom stereocenters. The number of ether oxygens (including phenoxy) is 2. The average molecular weight is 334 g/mol. The van der Waals surface area contributed by atoms with E-state index < -0.39 is 6.10 Å². The van der Waals surface area contributed by atoms with Crippen LogP contribution in [0.4, 0.5) is 0 Å². The van der Waals surface area contributed by atoms with Gasteiger partial charge in [0.2, 0.25) is 5.91 Å². The van der Waals surface area contributed by atoms with Crippen molar-refractivity contribution in [3.63, 3.8) is 0 Å². The molecule has 23 heavy (non-hydrogen) atoms. The zero-order valence-corrected chi connectivity index (χ0v) is 14.0. The van der Waals surface area contributed by atoms with Crippen LogP contribution in [0.25, 0.3) is 0 Å². The lowest BCUT2D eigenvalue weighted by atomic mass is 10.2. The van der Waals surface area contributed by atoms with Crippen LogP contribution < -0.4 is 10.1 Å². The second kappa shape index (κ2) is 8.56. The van der Waals surface area contributed by atoms with E-state index in [1.165, 1.54) is 0 Å². The Balaban J connectivity index is 1.79. The lowest BCUT2D eigenvalue weighted by Crippen LogP contribution is -2.33. The molecular weight excluding hydrogens is 314 g/mol. The first kappa shape index (κ1) is 17.3. The number of methoxy groups -OCH3 is 1. The maximum atomic E-state index is 12.0. The van der Waals surface area contributed by atoms with Gasteiger partial charge in [0.05, 0.1) is 13.7 Å². The van der Waals surface area contributed by atoms with Crippen LogP contribution in [0.15, 0.2) is 48.5 Å². The normalized spacial score (nSPS) is 11.8. The third kappa shape index (κ3) is 5.58. The van der Waals surface area contributed by atoms with E-state index in [-0.39, 0.29) is 5.91 Å². The minimum absolute atomic E-state index is 0.150. The molecule has 0 unspecified atom stereocenters. The van der Waals surface area contributed by atoms with Crippen molar-refractivity contribution >= 4 is 17.5 Å². The summed E-state index contributed by atoms with van der Waals surface area (Å²) in [5.74, 6) is 0.619. The van der Waals surface area contributed by atoms with E-state index in [0.29, 0.717) is 18.2 Å². The van der Waals surface area contributed by atoms with Crippen LogP contribution in [-0.4, -0.2) is 19.1 Å². The van der Waals surface area contributed by atoms with Gasteiger partial charge in [0.1, 0.15) is 11.9 Å². The first-order valence-electron chi connectivity index (χ1n) is 7.35. The molecule has 0 heterocycles. The van der Waals surface area contributed by atoms with Crippen molar-refractivity contribution in [3.05, 3.63) is 64.7 Å². The van der Waals surface area contributed by atoms with Gasteiger partial charge in [0.25, 0.3) is 0 Å². The van der Waals surface area contributed by atoms with Crippen molar-refractivity contribution in [1.82, 2.24) is 5.32 Å². The third-order valence-electron chi connectivity index (χ3n) is 3.38. The quantitative estimate of drug-likeness (QED) is 0.842. The fourth-order valence-corrected chi connectivity index (χ4v) is 2.12. The Morgan fingerprint density at radius 1 is 1.17 bits per heavy atom. The minimum Gasteiger partial charge on any atom is -0.497 e. The Kier molecular flexibility index (Phi) is 6.44. The van der Waals surface area contributed by atoms with E-state index >= 15 is 0 Å². The molecule has 0 saturated heterocycles. The summed E-state index contributed by atoms with van der Waals surface area (Å²) in [6.07, 6.45) is -0.534. The van der Waals surface area contributed by atoms with Crippen LogP contribution in [0.3, 0.4) is 0 Å². The molecule has 122 valence electrons. The molecule has 0 bridgehead atoms. The Bertz CT molecular complexity index is 643. The maximum absolute atomic E-state index is 12.0. The summed E-state index contributed by atoms with van der Waals surface area (Å²) in [6, 6.07) is 14.9. The van der Waals surface area contributed by atoms with E-state index in [4.69, 9.17) is 21.1 Å². The summed E-state index contributed by atoms with van der Waals surface area (Å²) >= 11 is 5.83. The summed E-state index contributed by atoms with van der Waals surface area (Å²) in [6.45, 7) is 2.53. The molecule has 5 heteroatoms. The highest BCUT2D eigenvalue weighted by Crippen LogP contribution is 2.14. The summed E-state index contributed by atoms with van der Waals surface area (Å²) < 4.78 is 10.8. The molecule has 2 aromatic rings. The molecule has 1 amide bonds. The van der Waals surface area contributed by atoms with Crippen molar-refractivity contribution in [3.8, 4) is 5.75 Å². The summed E-state index contributed by atoms with van der Waals surface area (Å²) in [5.41, 5.74) is 1.95. The predicted molar refractivity (Wildman–Crippen MR) is 90.5 cm³/mol. The molecule has 1 N–H and O–H groups in total. The summed E-state index contributed by atoms with van der Waals surface area (Å²) in [4.78, 5) is 12.0. The van der Waals surface area contributed by atoms with Crippen LogP contribution in [0.2, 0.25) is 5.02 Å². The van der Waals surface area contributed by atoms with Gasteiger partial charge in [-0.1, -0.05) is 35.9 Å². The molecule has 0 aliphatic rings. The molecule has 0 spiro atoms. The second-order valence-electron chi connectivity index (χ2n) is 5.15. The number of carbonyl (C=O) groups is 1. The molecular formula is C18H20ClNO3. The van der Waals surface area contributed by atoms with Crippen LogP contribution in [-0.2, 0) is 22.7 Å². The molecule has 2 rings (SSSR count). The fraction of sp³-hybridized carbons (Fsp3) is 0.278. The van der Waals surface area contributed by atoms with E-state index in [2.05, 4.69) is 5.32 Å². The highest BCUT2D eigenvalue weighted by molar-refractivity contribution is 6.30. The Hall–Kier alpha value is -2.04. The van der Waals surface area contributed by atoms with Crippen molar-refractivity contribution < 1.29 is 14.3 Å². The SMILES string of the molecule is COc1cccc(CO[C@@H](C)C(=O)NCc2ccc(Cl)cc2)c1. The minimum atomic E-state index is -0.534. The molecule has 0 saturated carbocycles. The van der Waals surface area contributed by atoms with E-state index in [1.54, 1.807) is 26.2 Å². The molecule has 4 nitrogen and oxygen atoms in total. The van der Waals surface area contributed by atoms with Crippen molar-refractivity contribution in [2.45, 2.75) is 26.2 Å². The smallest absolute Gasteiger partial charge is 0.249 e. The van der Waals surface area contributed by atoms with Gasteiger partial charge < -0.3 is 14.8 Å². The van der Waals surface area contributed by atoms with E-state index in [1.807, 2.05) is 36.4 Å². The highest BCUT2D eigenvalue weighted by atomic mass is 35.5. The Morgan fingerprint density at radius 2 is 1.91 bits per heavy atom. The summed E-state index contributed by atoms with van der Waals surface area (Å²) in [5, 5.41) is 3.52. The van der Waals surface area contributed by atoms with Gasteiger partial charge in [-0.3, -0.25) is 4.79 Å². The monoisotopic (exact) mass is 333 g/mol. The standard InChI is InChI=1S/C18H20ClNO3/c1-13(23-12-15-4-3-5-17(10-15)22-2)18(21)20-11-14-6-8-16(19)9-7-14/h3-10,13H,11-12H2,1-2H3,(H,20,21)/t13-/m0/s1. The van der Waals surface area contributed by atoms with E-state index in [9.17, 15) is 4.79 Å². The maximum Gasteiger partial charge on any atom is 0.249 e. The van der Waals surface area contributed by atoms with Gasteiger partial charge in [-0.15, -0.1) is 0 Å². The van der Waals surface area contributed by atoms with Crippen LogP contribution in [0.1, 0.15) is 18.1 Å². The first-order valence-corrected chi connectivity index (χ1v) is 7.73. The van der Waals surface area contributed by atoms with Gasteiger partial charge >= 0.3 is 0 Å². The molecule has 0 aliphatic heterocycles. The number of hydrogen-bond acceptors (Lipinski definition) is 3.